The van der Waals surface area contributed by atoms with Crippen molar-refractivity contribution < 1.29 is 17.9 Å². The molecule has 0 bridgehead atoms. The molecule has 1 aromatic heterocycles. The molecule has 1 aromatic carbocycles. The second-order valence-corrected chi connectivity index (χ2v) is 4.14. The second kappa shape index (κ2) is 5.92. The molecule has 0 aliphatic rings. The van der Waals surface area contributed by atoms with E-state index in [1.54, 1.807) is 25.4 Å². The molecule has 20 heavy (non-hydrogen) atoms. The molecule has 1 N–H and O–H groups in total. The number of halogens is 3. The van der Waals surface area contributed by atoms with Crippen molar-refractivity contribution in [2.45, 2.75) is 12.7 Å². The van der Waals surface area contributed by atoms with Crippen molar-refractivity contribution in [3.8, 4) is 11.5 Å². The van der Waals surface area contributed by atoms with Gasteiger partial charge in [-0.15, -0.1) is 0 Å². The van der Waals surface area contributed by atoms with Crippen molar-refractivity contribution in [3.63, 3.8) is 0 Å². The van der Waals surface area contributed by atoms with Gasteiger partial charge in [-0.2, -0.15) is 13.2 Å². The predicted molar refractivity (Wildman–Crippen MR) is 68.5 cm³/mol. The zero-order valence-electron chi connectivity index (χ0n) is 10.7. The molecule has 0 amide bonds. The van der Waals surface area contributed by atoms with Crippen LogP contribution in [0.4, 0.5) is 13.2 Å². The normalized spacial score (nSPS) is 11.4. The average Bonchev–Trinajstić information content (AvgIpc) is 2.39. The van der Waals surface area contributed by atoms with Gasteiger partial charge < -0.3 is 10.1 Å². The average molecular weight is 282 g/mol. The molecule has 0 atom stereocenters. The Hall–Kier alpha value is -2.08. The number of rotatable bonds is 4. The first kappa shape index (κ1) is 14.3. The molecule has 0 saturated heterocycles. The van der Waals surface area contributed by atoms with Crippen LogP contribution in [0.5, 0.6) is 11.5 Å². The van der Waals surface area contributed by atoms with Gasteiger partial charge in [0.2, 0.25) is 0 Å². The van der Waals surface area contributed by atoms with Gasteiger partial charge in [0.25, 0.3) is 0 Å². The number of benzene rings is 1. The minimum Gasteiger partial charge on any atom is -0.457 e. The molecule has 2 rings (SSSR count). The van der Waals surface area contributed by atoms with Gasteiger partial charge in [0.1, 0.15) is 11.5 Å². The number of hydrogen-bond donors (Lipinski definition) is 1. The Balaban J connectivity index is 2.12. The van der Waals surface area contributed by atoms with Gasteiger partial charge in [-0.3, -0.25) is 4.98 Å². The maximum Gasteiger partial charge on any atom is 0.416 e. The van der Waals surface area contributed by atoms with E-state index < -0.39 is 11.7 Å². The summed E-state index contributed by atoms with van der Waals surface area (Å²) in [7, 11) is 1.80. The number of nitrogens with one attached hydrogen (secondary N) is 1. The van der Waals surface area contributed by atoms with Crippen LogP contribution in [0.25, 0.3) is 0 Å². The van der Waals surface area contributed by atoms with E-state index in [-0.39, 0.29) is 0 Å². The van der Waals surface area contributed by atoms with E-state index in [1.165, 1.54) is 12.1 Å². The molecule has 0 fully saturated rings. The molecule has 0 spiro atoms. The summed E-state index contributed by atoms with van der Waals surface area (Å²) >= 11 is 0. The van der Waals surface area contributed by atoms with Crippen LogP contribution in [-0.2, 0) is 12.7 Å². The van der Waals surface area contributed by atoms with Crippen molar-refractivity contribution in [2.24, 2.45) is 0 Å². The molecular weight excluding hydrogens is 269 g/mol. The molecule has 0 aliphatic heterocycles. The lowest BCUT2D eigenvalue weighted by Gasteiger charge is -2.09. The Labute approximate surface area is 114 Å². The molecule has 0 radical (unpaired) electrons. The zero-order chi connectivity index (χ0) is 14.6. The van der Waals surface area contributed by atoms with E-state index in [4.69, 9.17) is 4.74 Å². The standard InChI is InChI=1S/C14H13F3N2O/c1-18-9-11-8-13(6-7-19-11)20-12-4-2-10(3-5-12)14(15,16)17/h2-8,18H,9H2,1H3. The summed E-state index contributed by atoms with van der Waals surface area (Å²) in [5.74, 6) is 0.879. The van der Waals surface area contributed by atoms with Gasteiger partial charge in [-0.05, 0) is 37.4 Å². The highest BCUT2D eigenvalue weighted by Crippen LogP contribution is 2.31. The fourth-order valence-electron chi connectivity index (χ4n) is 1.65. The summed E-state index contributed by atoms with van der Waals surface area (Å²) in [5, 5.41) is 2.96. The lowest BCUT2D eigenvalue weighted by atomic mass is 10.2. The zero-order valence-corrected chi connectivity index (χ0v) is 10.7. The van der Waals surface area contributed by atoms with E-state index in [2.05, 4.69) is 10.3 Å². The first-order valence-corrected chi connectivity index (χ1v) is 5.93. The minimum atomic E-state index is -4.34. The molecule has 106 valence electrons. The third-order valence-corrected chi connectivity index (χ3v) is 2.56. The van der Waals surface area contributed by atoms with Gasteiger partial charge >= 0.3 is 6.18 Å². The Kier molecular flexibility index (Phi) is 4.24. The van der Waals surface area contributed by atoms with E-state index >= 15 is 0 Å². The van der Waals surface area contributed by atoms with Gasteiger partial charge in [0, 0.05) is 18.8 Å². The molecule has 0 saturated carbocycles. The highest BCUT2D eigenvalue weighted by molar-refractivity contribution is 5.34. The lowest BCUT2D eigenvalue weighted by molar-refractivity contribution is -0.137. The van der Waals surface area contributed by atoms with Crippen molar-refractivity contribution in [1.29, 1.82) is 0 Å². The molecule has 1 heterocycles. The first-order chi connectivity index (χ1) is 9.49. The van der Waals surface area contributed by atoms with E-state index in [0.29, 0.717) is 18.0 Å². The van der Waals surface area contributed by atoms with Gasteiger partial charge in [0.15, 0.2) is 0 Å². The largest absolute Gasteiger partial charge is 0.457 e. The van der Waals surface area contributed by atoms with Gasteiger partial charge in [0.05, 0.1) is 11.3 Å². The molecule has 2 aromatic rings. The number of pyridine rings is 1. The van der Waals surface area contributed by atoms with Crippen LogP contribution >= 0.6 is 0 Å². The fraction of sp³-hybridized carbons (Fsp3) is 0.214. The Morgan fingerprint density at radius 3 is 2.40 bits per heavy atom. The minimum absolute atomic E-state index is 0.347. The van der Waals surface area contributed by atoms with E-state index in [9.17, 15) is 13.2 Å². The van der Waals surface area contributed by atoms with Crippen molar-refractivity contribution >= 4 is 0 Å². The summed E-state index contributed by atoms with van der Waals surface area (Å²) in [6, 6.07) is 7.95. The molecule has 0 unspecified atom stereocenters. The summed E-state index contributed by atoms with van der Waals surface area (Å²) in [5.41, 5.74) is 0.0902. The molecular formula is C14H13F3N2O. The predicted octanol–water partition coefficient (Wildman–Crippen LogP) is 3.61. The van der Waals surface area contributed by atoms with Crippen LogP contribution in [0.3, 0.4) is 0 Å². The SMILES string of the molecule is CNCc1cc(Oc2ccc(C(F)(F)F)cc2)ccn1. The third kappa shape index (κ3) is 3.71. The van der Waals surface area contributed by atoms with E-state index in [1.807, 2.05) is 0 Å². The van der Waals surface area contributed by atoms with Crippen LogP contribution in [0, 0.1) is 0 Å². The van der Waals surface area contributed by atoms with Crippen molar-refractivity contribution in [2.75, 3.05) is 7.05 Å². The Morgan fingerprint density at radius 2 is 1.80 bits per heavy atom. The second-order valence-electron chi connectivity index (χ2n) is 4.14. The van der Waals surface area contributed by atoms with Gasteiger partial charge in [-0.1, -0.05) is 0 Å². The van der Waals surface area contributed by atoms with Crippen LogP contribution in [0.2, 0.25) is 0 Å². The van der Waals surface area contributed by atoms with Crippen molar-refractivity contribution in [3.05, 3.63) is 53.9 Å². The highest BCUT2D eigenvalue weighted by Gasteiger charge is 2.30. The topological polar surface area (TPSA) is 34.1 Å². The summed E-state index contributed by atoms with van der Waals surface area (Å²) in [6.07, 6.45) is -2.75. The van der Waals surface area contributed by atoms with Crippen LogP contribution in [-0.4, -0.2) is 12.0 Å². The Bertz CT molecular complexity index is 567. The van der Waals surface area contributed by atoms with Gasteiger partial charge in [-0.25, -0.2) is 0 Å². The number of hydrogen-bond acceptors (Lipinski definition) is 3. The number of aromatic nitrogens is 1. The highest BCUT2D eigenvalue weighted by atomic mass is 19.4. The molecule has 6 heteroatoms. The number of alkyl halides is 3. The van der Waals surface area contributed by atoms with Crippen LogP contribution in [0.15, 0.2) is 42.6 Å². The maximum absolute atomic E-state index is 12.4. The van der Waals surface area contributed by atoms with Crippen LogP contribution in [0.1, 0.15) is 11.3 Å². The maximum atomic E-state index is 12.4. The van der Waals surface area contributed by atoms with Crippen molar-refractivity contribution in [1.82, 2.24) is 10.3 Å². The lowest BCUT2D eigenvalue weighted by Crippen LogP contribution is -2.06. The molecule has 0 aliphatic carbocycles. The number of nitrogens with zero attached hydrogens (tertiary/aromatic N) is 1. The van der Waals surface area contributed by atoms with E-state index in [0.717, 1.165) is 17.8 Å². The fourth-order valence-corrected chi connectivity index (χ4v) is 1.65. The smallest absolute Gasteiger partial charge is 0.416 e. The quantitative estimate of drug-likeness (QED) is 0.930. The number of ether oxygens (including phenoxy) is 1. The summed E-state index contributed by atoms with van der Waals surface area (Å²) in [4.78, 5) is 4.13. The molecule has 3 nitrogen and oxygen atoms in total. The first-order valence-electron chi connectivity index (χ1n) is 5.93. The summed E-state index contributed by atoms with van der Waals surface area (Å²) < 4.78 is 42.8. The summed E-state index contributed by atoms with van der Waals surface area (Å²) in [6.45, 7) is 0.588. The van der Waals surface area contributed by atoms with Crippen LogP contribution < -0.4 is 10.1 Å². The monoisotopic (exact) mass is 282 g/mol. The Morgan fingerprint density at radius 1 is 1.10 bits per heavy atom. The third-order valence-electron chi connectivity index (χ3n) is 2.56.